The van der Waals surface area contributed by atoms with E-state index in [1.165, 1.54) is 18.6 Å². The molecule has 1 amide bonds. The van der Waals surface area contributed by atoms with Crippen molar-refractivity contribution >= 4 is 17.6 Å². The highest BCUT2D eigenvalue weighted by Gasteiger charge is 2.21. The van der Waals surface area contributed by atoms with Crippen LogP contribution in [0.1, 0.15) is 37.8 Å². The van der Waals surface area contributed by atoms with Gasteiger partial charge in [-0.15, -0.1) is 0 Å². The molecule has 2 rings (SSSR count). The van der Waals surface area contributed by atoms with E-state index in [1.54, 1.807) is 6.07 Å². The molecule has 0 fully saturated rings. The SMILES string of the molecule is Cc1cc(OCC(=O)O[C@@H](C)C(=O)Nc2c(F)cccc2F)ccc1C(C)C. The van der Waals surface area contributed by atoms with E-state index in [2.05, 4.69) is 19.2 Å². The Hall–Kier alpha value is -2.96. The van der Waals surface area contributed by atoms with E-state index in [9.17, 15) is 18.4 Å². The van der Waals surface area contributed by atoms with Crippen LogP contribution in [0, 0.1) is 18.6 Å². The topological polar surface area (TPSA) is 64.6 Å². The van der Waals surface area contributed by atoms with Gasteiger partial charge < -0.3 is 14.8 Å². The van der Waals surface area contributed by atoms with Crippen LogP contribution < -0.4 is 10.1 Å². The summed E-state index contributed by atoms with van der Waals surface area (Å²) in [5.41, 5.74) is 1.63. The number of para-hydroxylation sites is 1. The number of aryl methyl sites for hydroxylation is 1. The number of amides is 1. The van der Waals surface area contributed by atoms with Crippen molar-refractivity contribution in [3.63, 3.8) is 0 Å². The Kier molecular flexibility index (Phi) is 7.09. The molecule has 0 heterocycles. The molecule has 0 saturated heterocycles. The zero-order valence-corrected chi connectivity index (χ0v) is 16.2. The second kappa shape index (κ2) is 9.30. The quantitative estimate of drug-likeness (QED) is 0.713. The molecule has 0 aliphatic carbocycles. The Morgan fingerprint density at radius 2 is 1.71 bits per heavy atom. The summed E-state index contributed by atoms with van der Waals surface area (Å²) in [6.07, 6.45) is -1.25. The average molecular weight is 391 g/mol. The second-order valence-electron chi connectivity index (χ2n) is 6.68. The van der Waals surface area contributed by atoms with Crippen molar-refractivity contribution in [3.05, 3.63) is 59.2 Å². The number of rotatable bonds is 7. The molecule has 150 valence electrons. The van der Waals surface area contributed by atoms with Crippen LogP contribution in [0.25, 0.3) is 0 Å². The first-order chi connectivity index (χ1) is 13.2. The van der Waals surface area contributed by atoms with Crippen LogP contribution in [-0.4, -0.2) is 24.6 Å². The largest absolute Gasteiger partial charge is 0.482 e. The molecule has 0 aliphatic rings. The van der Waals surface area contributed by atoms with Crippen LogP contribution in [-0.2, 0) is 14.3 Å². The van der Waals surface area contributed by atoms with Gasteiger partial charge in [0.15, 0.2) is 12.7 Å². The molecular weight excluding hydrogens is 368 g/mol. The van der Waals surface area contributed by atoms with E-state index in [0.717, 1.165) is 17.7 Å². The van der Waals surface area contributed by atoms with Gasteiger partial charge in [-0.25, -0.2) is 13.6 Å². The fourth-order valence-electron chi connectivity index (χ4n) is 2.65. The number of benzene rings is 2. The van der Waals surface area contributed by atoms with Crippen molar-refractivity contribution in [2.24, 2.45) is 0 Å². The minimum Gasteiger partial charge on any atom is -0.482 e. The van der Waals surface area contributed by atoms with Crippen molar-refractivity contribution in [3.8, 4) is 5.75 Å². The van der Waals surface area contributed by atoms with Crippen LogP contribution in [0.3, 0.4) is 0 Å². The van der Waals surface area contributed by atoms with Gasteiger partial charge in [-0.3, -0.25) is 4.79 Å². The molecule has 0 unspecified atom stereocenters. The Morgan fingerprint density at radius 3 is 2.29 bits per heavy atom. The number of carbonyl (C=O) groups excluding carboxylic acids is 2. The van der Waals surface area contributed by atoms with Gasteiger partial charge in [0.25, 0.3) is 5.91 Å². The summed E-state index contributed by atoms with van der Waals surface area (Å²) in [5, 5.41) is 2.07. The predicted octanol–water partition coefficient (Wildman–Crippen LogP) is 4.35. The summed E-state index contributed by atoms with van der Waals surface area (Å²) in [4.78, 5) is 23.9. The third-order valence-corrected chi connectivity index (χ3v) is 4.11. The first-order valence-electron chi connectivity index (χ1n) is 8.86. The van der Waals surface area contributed by atoms with E-state index in [1.807, 2.05) is 19.1 Å². The Balaban J connectivity index is 1.88. The van der Waals surface area contributed by atoms with E-state index in [0.29, 0.717) is 11.7 Å². The molecule has 5 nitrogen and oxygen atoms in total. The maximum absolute atomic E-state index is 13.6. The zero-order chi connectivity index (χ0) is 20.8. The number of ether oxygens (including phenoxy) is 2. The van der Waals surface area contributed by atoms with Gasteiger partial charge in [0, 0.05) is 0 Å². The Morgan fingerprint density at radius 1 is 1.07 bits per heavy atom. The molecule has 0 spiro atoms. The standard InChI is InChI=1S/C21H23F2NO4/c1-12(2)16-9-8-15(10-13(16)3)27-11-19(25)28-14(4)21(26)24-20-17(22)6-5-7-18(20)23/h5-10,12,14H,11H2,1-4H3,(H,24,26)/t14-/m0/s1. The van der Waals surface area contributed by atoms with Crippen molar-refractivity contribution in [1.29, 1.82) is 0 Å². The molecule has 0 aliphatic heterocycles. The third-order valence-electron chi connectivity index (χ3n) is 4.11. The van der Waals surface area contributed by atoms with Gasteiger partial charge in [0.1, 0.15) is 23.1 Å². The zero-order valence-electron chi connectivity index (χ0n) is 16.2. The molecule has 0 aromatic heterocycles. The number of anilines is 1. The maximum Gasteiger partial charge on any atom is 0.344 e. The van der Waals surface area contributed by atoms with Crippen molar-refractivity contribution in [2.75, 3.05) is 11.9 Å². The molecule has 1 atom stereocenters. The summed E-state index contributed by atoms with van der Waals surface area (Å²) in [6, 6.07) is 8.70. The normalized spacial score (nSPS) is 11.8. The molecular formula is C21H23F2NO4. The van der Waals surface area contributed by atoms with Gasteiger partial charge in [-0.05, 0) is 55.2 Å². The van der Waals surface area contributed by atoms with Crippen LogP contribution >= 0.6 is 0 Å². The highest BCUT2D eigenvalue weighted by Crippen LogP contribution is 2.23. The second-order valence-corrected chi connectivity index (χ2v) is 6.68. The third kappa shape index (κ3) is 5.52. The van der Waals surface area contributed by atoms with Crippen LogP contribution in [0.15, 0.2) is 36.4 Å². The van der Waals surface area contributed by atoms with Crippen LogP contribution in [0.2, 0.25) is 0 Å². The van der Waals surface area contributed by atoms with Crippen molar-refractivity contribution in [2.45, 2.75) is 39.7 Å². The first-order valence-corrected chi connectivity index (χ1v) is 8.86. The van der Waals surface area contributed by atoms with Crippen LogP contribution in [0.4, 0.5) is 14.5 Å². The van der Waals surface area contributed by atoms with Crippen molar-refractivity contribution in [1.82, 2.24) is 0 Å². The number of hydrogen-bond donors (Lipinski definition) is 1. The average Bonchev–Trinajstić information content (AvgIpc) is 2.62. The highest BCUT2D eigenvalue weighted by atomic mass is 19.1. The molecule has 0 bridgehead atoms. The van der Waals surface area contributed by atoms with Gasteiger partial charge in [0.2, 0.25) is 0 Å². The minimum absolute atomic E-state index is 0.373. The molecule has 2 aromatic carbocycles. The predicted molar refractivity (Wildman–Crippen MR) is 101 cm³/mol. The molecule has 0 saturated carbocycles. The lowest BCUT2D eigenvalue weighted by atomic mass is 9.98. The number of halogens is 2. The molecule has 1 N–H and O–H groups in total. The number of carbonyl (C=O) groups is 2. The molecule has 28 heavy (non-hydrogen) atoms. The fourth-order valence-corrected chi connectivity index (χ4v) is 2.65. The molecule has 2 aromatic rings. The van der Waals surface area contributed by atoms with E-state index in [-0.39, 0.29) is 0 Å². The van der Waals surface area contributed by atoms with Gasteiger partial charge >= 0.3 is 5.97 Å². The minimum atomic E-state index is -1.25. The molecule has 0 radical (unpaired) electrons. The summed E-state index contributed by atoms with van der Waals surface area (Å²) < 4.78 is 37.5. The maximum atomic E-state index is 13.6. The number of esters is 1. The van der Waals surface area contributed by atoms with E-state index in [4.69, 9.17) is 9.47 Å². The number of hydrogen-bond acceptors (Lipinski definition) is 4. The fraction of sp³-hybridized carbons (Fsp3) is 0.333. The summed E-state index contributed by atoms with van der Waals surface area (Å²) in [6.45, 7) is 7.02. The van der Waals surface area contributed by atoms with Gasteiger partial charge in [0.05, 0.1) is 0 Å². The molecule has 7 heteroatoms. The van der Waals surface area contributed by atoms with Gasteiger partial charge in [-0.2, -0.15) is 0 Å². The lowest BCUT2D eigenvalue weighted by Gasteiger charge is -2.15. The smallest absolute Gasteiger partial charge is 0.344 e. The van der Waals surface area contributed by atoms with E-state index < -0.39 is 41.9 Å². The van der Waals surface area contributed by atoms with Gasteiger partial charge in [-0.1, -0.05) is 26.0 Å². The Labute approximate surface area is 162 Å². The summed E-state index contributed by atoms with van der Waals surface area (Å²) in [5.74, 6) is -2.59. The van der Waals surface area contributed by atoms with Crippen LogP contribution in [0.5, 0.6) is 5.75 Å². The first kappa shape index (κ1) is 21.3. The number of nitrogens with one attached hydrogen (secondary N) is 1. The monoisotopic (exact) mass is 391 g/mol. The highest BCUT2D eigenvalue weighted by molar-refractivity contribution is 5.95. The summed E-state index contributed by atoms with van der Waals surface area (Å²) in [7, 11) is 0. The lowest BCUT2D eigenvalue weighted by Crippen LogP contribution is -2.32. The Bertz CT molecular complexity index is 847. The lowest BCUT2D eigenvalue weighted by molar-refractivity contribution is -0.155. The van der Waals surface area contributed by atoms with Crippen molar-refractivity contribution < 1.29 is 27.8 Å². The summed E-state index contributed by atoms with van der Waals surface area (Å²) >= 11 is 0. The van der Waals surface area contributed by atoms with E-state index >= 15 is 0 Å².